The summed E-state index contributed by atoms with van der Waals surface area (Å²) < 4.78 is 6.10. The van der Waals surface area contributed by atoms with Crippen molar-refractivity contribution in [2.24, 2.45) is 29.1 Å². The molecule has 0 aromatic rings. The first-order valence-corrected chi connectivity index (χ1v) is 9.22. The Morgan fingerprint density at radius 2 is 1.55 bits per heavy atom. The number of hydrogen-bond donors (Lipinski definition) is 0. The lowest BCUT2D eigenvalue weighted by Gasteiger charge is -2.42. The van der Waals surface area contributed by atoms with Crippen molar-refractivity contribution in [1.82, 2.24) is 0 Å². The van der Waals surface area contributed by atoms with Gasteiger partial charge in [-0.1, -0.05) is 47.5 Å². The molecule has 0 bridgehead atoms. The van der Waals surface area contributed by atoms with Crippen LogP contribution in [0, 0.1) is 29.1 Å². The molecule has 2 heteroatoms. The van der Waals surface area contributed by atoms with Crippen molar-refractivity contribution in [2.45, 2.75) is 93.1 Å². The SMILES string of the molecule is CC(C)CC(C)(C(=O)OC(C)(C)C1CCC(C)CC1)C(C)C. The van der Waals surface area contributed by atoms with Gasteiger partial charge in [-0.05, 0) is 63.7 Å². The zero-order valence-electron chi connectivity index (χ0n) is 16.2. The lowest BCUT2D eigenvalue weighted by molar-refractivity contribution is -0.179. The van der Waals surface area contributed by atoms with Crippen LogP contribution in [0.4, 0.5) is 0 Å². The number of rotatable bonds is 6. The second kappa shape index (κ2) is 7.36. The Morgan fingerprint density at radius 3 is 1.95 bits per heavy atom. The van der Waals surface area contributed by atoms with E-state index >= 15 is 0 Å². The van der Waals surface area contributed by atoms with Crippen LogP contribution < -0.4 is 0 Å². The average Bonchev–Trinajstić information content (AvgIpc) is 2.37. The van der Waals surface area contributed by atoms with Gasteiger partial charge in [0.1, 0.15) is 5.60 Å². The highest BCUT2D eigenvalue weighted by Crippen LogP contribution is 2.41. The van der Waals surface area contributed by atoms with Crippen LogP contribution in [0.15, 0.2) is 0 Å². The van der Waals surface area contributed by atoms with Crippen molar-refractivity contribution in [2.75, 3.05) is 0 Å². The van der Waals surface area contributed by atoms with Crippen molar-refractivity contribution in [3.63, 3.8) is 0 Å². The zero-order valence-corrected chi connectivity index (χ0v) is 16.2. The third kappa shape index (κ3) is 4.73. The minimum Gasteiger partial charge on any atom is -0.459 e. The van der Waals surface area contributed by atoms with Crippen molar-refractivity contribution in [1.29, 1.82) is 0 Å². The second-order valence-electron chi connectivity index (χ2n) is 9.12. The molecule has 0 heterocycles. The summed E-state index contributed by atoms with van der Waals surface area (Å²) in [7, 11) is 0. The minimum atomic E-state index is -0.382. The number of esters is 1. The molecule has 0 N–H and O–H groups in total. The van der Waals surface area contributed by atoms with Gasteiger partial charge in [-0.2, -0.15) is 0 Å². The fraction of sp³-hybridized carbons (Fsp3) is 0.950. The van der Waals surface area contributed by atoms with Crippen molar-refractivity contribution >= 4 is 5.97 Å². The molecule has 0 aliphatic heterocycles. The van der Waals surface area contributed by atoms with E-state index in [2.05, 4.69) is 55.4 Å². The van der Waals surface area contributed by atoms with Crippen LogP contribution in [-0.2, 0) is 9.53 Å². The van der Waals surface area contributed by atoms with E-state index in [1.807, 2.05) is 0 Å². The van der Waals surface area contributed by atoms with Gasteiger partial charge >= 0.3 is 5.97 Å². The van der Waals surface area contributed by atoms with E-state index in [-0.39, 0.29) is 17.0 Å². The van der Waals surface area contributed by atoms with Gasteiger partial charge in [-0.25, -0.2) is 0 Å². The molecule has 0 aromatic heterocycles. The quantitative estimate of drug-likeness (QED) is 0.576. The number of ether oxygens (including phenoxy) is 1. The summed E-state index contributed by atoms with van der Waals surface area (Å²) in [5.74, 6) is 2.12. The highest BCUT2D eigenvalue weighted by molar-refractivity contribution is 5.77. The largest absolute Gasteiger partial charge is 0.459 e. The van der Waals surface area contributed by atoms with Gasteiger partial charge in [0.05, 0.1) is 5.41 Å². The van der Waals surface area contributed by atoms with Crippen LogP contribution in [0.25, 0.3) is 0 Å². The fourth-order valence-corrected chi connectivity index (χ4v) is 3.80. The molecule has 1 aliphatic rings. The molecule has 1 unspecified atom stereocenters. The number of carbonyl (C=O) groups is 1. The van der Waals surface area contributed by atoms with Crippen LogP contribution in [0.1, 0.15) is 87.5 Å². The Kier molecular flexibility index (Phi) is 6.53. The molecule has 1 aliphatic carbocycles. The minimum absolute atomic E-state index is 0.000165. The maximum absolute atomic E-state index is 12.9. The highest BCUT2D eigenvalue weighted by Gasteiger charge is 2.43. The van der Waals surface area contributed by atoms with Gasteiger partial charge in [0.2, 0.25) is 0 Å². The Hall–Kier alpha value is -0.530. The summed E-state index contributed by atoms with van der Waals surface area (Å²) in [4.78, 5) is 12.9. The van der Waals surface area contributed by atoms with Gasteiger partial charge in [0, 0.05) is 0 Å². The lowest BCUT2D eigenvalue weighted by atomic mass is 9.72. The molecular formula is C20H38O2. The summed E-state index contributed by atoms with van der Waals surface area (Å²) in [5, 5.41) is 0. The lowest BCUT2D eigenvalue weighted by Crippen LogP contribution is -2.45. The molecule has 22 heavy (non-hydrogen) atoms. The maximum Gasteiger partial charge on any atom is 0.312 e. The summed E-state index contributed by atoms with van der Waals surface area (Å²) in [6, 6.07) is 0. The monoisotopic (exact) mass is 310 g/mol. The molecule has 1 atom stereocenters. The molecular weight excluding hydrogens is 272 g/mol. The Labute approximate surface area is 138 Å². The third-order valence-electron chi connectivity index (χ3n) is 5.93. The molecule has 1 fully saturated rings. The predicted molar refractivity (Wildman–Crippen MR) is 93.7 cm³/mol. The van der Waals surface area contributed by atoms with Gasteiger partial charge < -0.3 is 4.74 Å². The first kappa shape index (κ1) is 19.5. The van der Waals surface area contributed by atoms with Gasteiger partial charge in [0.25, 0.3) is 0 Å². The Bertz CT molecular complexity index is 362. The standard InChI is InChI=1S/C20H38O2/c1-14(2)13-20(8,15(3)4)18(21)22-19(6,7)17-11-9-16(5)10-12-17/h14-17H,9-13H2,1-8H3. The molecule has 1 rings (SSSR count). The molecule has 0 aromatic carbocycles. The predicted octanol–water partition coefficient (Wildman–Crippen LogP) is 5.84. The third-order valence-corrected chi connectivity index (χ3v) is 5.93. The second-order valence-corrected chi connectivity index (χ2v) is 9.12. The number of hydrogen-bond acceptors (Lipinski definition) is 2. The van der Waals surface area contributed by atoms with E-state index in [1.165, 1.54) is 25.7 Å². The Morgan fingerprint density at radius 1 is 1.05 bits per heavy atom. The smallest absolute Gasteiger partial charge is 0.312 e. The van der Waals surface area contributed by atoms with Gasteiger partial charge in [-0.15, -0.1) is 0 Å². The van der Waals surface area contributed by atoms with Crippen LogP contribution in [0.2, 0.25) is 0 Å². The van der Waals surface area contributed by atoms with Crippen molar-refractivity contribution in [3.05, 3.63) is 0 Å². The normalized spacial score (nSPS) is 26.1. The van der Waals surface area contributed by atoms with E-state index in [0.717, 1.165) is 12.3 Å². The van der Waals surface area contributed by atoms with Crippen LogP contribution >= 0.6 is 0 Å². The van der Waals surface area contributed by atoms with Crippen molar-refractivity contribution in [3.8, 4) is 0 Å². The van der Waals surface area contributed by atoms with E-state index in [9.17, 15) is 4.79 Å². The molecule has 0 amide bonds. The van der Waals surface area contributed by atoms with Crippen molar-refractivity contribution < 1.29 is 9.53 Å². The van der Waals surface area contributed by atoms with E-state index in [4.69, 9.17) is 4.74 Å². The van der Waals surface area contributed by atoms with E-state index < -0.39 is 0 Å². The average molecular weight is 311 g/mol. The molecule has 0 radical (unpaired) electrons. The molecule has 2 nitrogen and oxygen atoms in total. The summed E-state index contributed by atoms with van der Waals surface area (Å²) >= 11 is 0. The topological polar surface area (TPSA) is 26.3 Å². The Balaban J connectivity index is 2.79. The molecule has 0 spiro atoms. The molecule has 1 saturated carbocycles. The zero-order chi connectivity index (χ0) is 17.1. The maximum atomic E-state index is 12.9. The number of carbonyl (C=O) groups excluding carboxylic acids is 1. The van der Waals surface area contributed by atoms with Crippen LogP contribution in [0.3, 0.4) is 0 Å². The van der Waals surface area contributed by atoms with Gasteiger partial charge in [-0.3, -0.25) is 4.79 Å². The first-order chi connectivity index (χ1) is 9.99. The van der Waals surface area contributed by atoms with Gasteiger partial charge in [0.15, 0.2) is 0 Å². The summed E-state index contributed by atoms with van der Waals surface area (Å²) in [6.07, 6.45) is 5.79. The van der Waals surface area contributed by atoms with E-state index in [1.54, 1.807) is 0 Å². The first-order valence-electron chi connectivity index (χ1n) is 9.22. The fourth-order valence-electron chi connectivity index (χ4n) is 3.80. The highest BCUT2D eigenvalue weighted by atomic mass is 16.6. The van der Waals surface area contributed by atoms with E-state index in [0.29, 0.717) is 17.8 Å². The molecule has 130 valence electrons. The van der Waals surface area contributed by atoms with Crippen LogP contribution in [0.5, 0.6) is 0 Å². The molecule has 0 saturated heterocycles. The summed E-state index contributed by atoms with van der Waals surface area (Å²) in [6.45, 7) is 17.3. The van der Waals surface area contributed by atoms with Crippen LogP contribution in [-0.4, -0.2) is 11.6 Å². The summed E-state index contributed by atoms with van der Waals surface area (Å²) in [5.41, 5.74) is -0.724.